The normalized spacial score (nSPS) is 14.7. The highest BCUT2D eigenvalue weighted by atomic mass is 19.2. The fourth-order valence-corrected chi connectivity index (χ4v) is 11.5. The molecule has 32 nitrogen and oxygen atoms in total. The fourth-order valence-electron chi connectivity index (χ4n) is 11.5. The second-order valence-corrected chi connectivity index (χ2v) is 26.4. The summed E-state index contributed by atoms with van der Waals surface area (Å²) in [6.07, 6.45) is -5.72. The van der Waals surface area contributed by atoms with E-state index in [1.165, 1.54) is 19.4 Å². The summed E-state index contributed by atoms with van der Waals surface area (Å²) in [6.45, 7) is 4.75. The van der Waals surface area contributed by atoms with Gasteiger partial charge in [-0.2, -0.15) is 0 Å². The number of nitrogens with two attached hydrogens (primary N) is 2. The van der Waals surface area contributed by atoms with Crippen molar-refractivity contribution in [2.24, 2.45) is 11.5 Å². The molecule has 0 spiro atoms. The Morgan fingerprint density at radius 2 is 1.05 bits per heavy atom. The number of halogens is 5. The van der Waals surface area contributed by atoms with Gasteiger partial charge in [-0.3, -0.25) is 62.3 Å². The third-order valence-electron chi connectivity index (χ3n) is 17.7. The van der Waals surface area contributed by atoms with E-state index in [-0.39, 0.29) is 19.3 Å². The lowest BCUT2D eigenvalue weighted by molar-refractivity contribution is -0.142. The van der Waals surface area contributed by atoms with Gasteiger partial charge in [0.2, 0.25) is 70.8 Å². The van der Waals surface area contributed by atoms with Crippen LogP contribution in [0.15, 0.2) is 110 Å². The number of hydrogen-bond acceptors (Lipinski definition) is 18. The molecule has 6 rings (SSSR count). The average Bonchev–Trinajstić information content (AvgIpc) is 1.01. The molecule has 0 fully saturated rings. The summed E-state index contributed by atoms with van der Waals surface area (Å²) in [5.41, 5.74) is 13.7. The van der Waals surface area contributed by atoms with Gasteiger partial charge in [0.1, 0.15) is 53.9 Å². The zero-order valence-corrected chi connectivity index (χ0v) is 60.8. The molecule has 111 heavy (non-hydrogen) atoms. The van der Waals surface area contributed by atoms with Crippen LogP contribution in [0.1, 0.15) is 87.4 Å². The van der Waals surface area contributed by atoms with E-state index in [4.69, 9.17) is 11.5 Å². The van der Waals surface area contributed by atoms with Crippen molar-refractivity contribution in [2.75, 3.05) is 13.2 Å². The van der Waals surface area contributed by atoms with Crippen molar-refractivity contribution in [1.29, 1.82) is 0 Å². The van der Waals surface area contributed by atoms with Crippen LogP contribution in [0.2, 0.25) is 0 Å². The molecule has 596 valence electrons. The Labute approximate surface area is 631 Å². The van der Waals surface area contributed by atoms with E-state index in [2.05, 4.69) is 41.9 Å². The molecule has 0 radical (unpaired) electrons. The van der Waals surface area contributed by atoms with Crippen molar-refractivity contribution in [1.82, 2.24) is 63.1 Å². The number of carbonyl (C=O) groups is 13. The number of amides is 11. The number of H-pyrrole nitrogens is 1. The van der Waals surface area contributed by atoms with Crippen LogP contribution in [0.5, 0.6) is 0 Å². The van der Waals surface area contributed by atoms with Gasteiger partial charge in [0.25, 0.3) is 0 Å². The highest BCUT2D eigenvalue weighted by molar-refractivity contribution is 6.00. The third-order valence-corrected chi connectivity index (χ3v) is 17.7. The topological polar surface area (TPSA) is 524 Å². The lowest BCUT2D eigenvalue weighted by atomic mass is 9.89. The number of primary amides is 1. The number of nitrogens with zero attached hydrogens (tertiary/aromatic N) is 1. The van der Waals surface area contributed by atoms with Gasteiger partial charge in [-0.25, -0.2) is 26.9 Å². The molecule has 0 aliphatic carbocycles. The Hall–Kier alpha value is -12.1. The lowest BCUT2D eigenvalue weighted by Gasteiger charge is -2.34. The average molecular weight is 1560 g/mol. The number of aliphatic hydroxyl groups is 3. The number of benzene rings is 5. The quantitative estimate of drug-likeness (QED) is 0.0129. The summed E-state index contributed by atoms with van der Waals surface area (Å²) in [5, 5.41) is 73.2. The molecule has 20 N–H and O–H groups in total. The number of hydrogen-bond donors (Lipinski definition) is 18. The van der Waals surface area contributed by atoms with Crippen molar-refractivity contribution >= 4 is 76.9 Å². The van der Waals surface area contributed by atoms with Crippen LogP contribution in [0, 0.1) is 36.0 Å². The molecule has 37 heteroatoms. The number of rotatable bonds is 40. The van der Waals surface area contributed by atoms with Gasteiger partial charge in [-0.05, 0) is 92.0 Å². The first kappa shape index (κ1) is 87.8. The maximum absolute atomic E-state index is 15.6. The van der Waals surface area contributed by atoms with Crippen molar-refractivity contribution in [2.45, 2.75) is 165 Å². The first-order valence-corrected chi connectivity index (χ1v) is 34.6. The van der Waals surface area contributed by atoms with Crippen LogP contribution in [0.3, 0.4) is 0 Å². The zero-order valence-electron chi connectivity index (χ0n) is 60.8. The summed E-state index contributed by atoms with van der Waals surface area (Å²) in [7, 11) is 0. The zero-order chi connectivity index (χ0) is 82.3. The molecule has 0 aliphatic rings. The van der Waals surface area contributed by atoms with Crippen LogP contribution in [0.25, 0.3) is 22.3 Å². The number of aromatic nitrogens is 2. The summed E-state index contributed by atoms with van der Waals surface area (Å²) in [5.74, 6) is -30.7. The molecule has 0 saturated carbocycles. The molecule has 0 saturated heterocycles. The van der Waals surface area contributed by atoms with Crippen LogP contribution in [-0.4, -0.2) is 198 Å². The number of aromatic amines is 1. The molecule has 6 aromatic rings. The molecule has 0 bridgehead atoms. The minimum absolute atomic E-state index is 0.0308. The highest BCUT2D eigenvalue weighted by Gasteiger charge is 2.44. The number of aryl methyl sites for hydroxylation is 2. The summed E-state index contributed by atoms with van der Waals surface area (Å²) >= 11 is 0. The van der Waals surface area contributed by atoms with Gasteiger partial charge < -0.3 is 95.2 Å². The van der Waals surface area contributed by atoms with E-state index >= 15 is 8.78 Å². The lowest BCUT2D eigenvalue weighted by Crippen LogP contribution is -2.67. The van der Waals surface area contributed by atoms with Crippen molar-refractivity contribution in [3.05, 3.63) is 172 Å². The smallest absolute Gasteiger partial charge is 0.305 e. The summed E-state index contributed by atoms with van der Waals surface area (Å²) in [4.78, 5) is 182. The Balaban J connectivity index is 1.20. The molecule has 5 aromatic carbocycles. The number of carboxylic acids is 2. The van der Waals surface area contributed by atoms with Crippen LogP contribution in [0.4, 0.5) is 22.0 Å². The van der Waals surface area contributed by atoms with Crippen LogP contribution < -0.4 is 64.6 Å². The Kier molecular flexibility index (Phi) is 31.9. The molecular formula is C74H87F5N14O18. The van der Waals surface area contributed by atoms with E-state index < -0.39 is 223 Å². The van der Waals surface area contributed by atoms with E-state index in [0.717, 1.165) is 47.2 Å². The first-order chi connectivity index (χ1) is 52.4. The molecule has 0 unspecified atom stereocenters. The second kappa shape index (κ2) is 40.4. The van der Waals surface area contributed by atoms with Gasteiger partial charge >= 0.3 is 11.9 Å². The van der Waals surface area contributed by atoms with Gasteiger partial charge in [0, 0.05) is 49.6 Å². The number of carboxylic acid groups (broad SMARTS) is 2. The van der Waals surface area contributed by atoms with Crippen molar-refractivity contribution < 1.29 is 110 Å². The third kappa shape index (κ3) is 24.7. The predicted molar refractivity (Wildman–Crippen MR) is 385 cm³/mol. The number of imidazole rings is 1. The maximum atomic E-state index is 15.6. The SMILES string of the molecule is CCc1ccccc1-c1ccc(C[C@H](NC(=O)[C@H](CC(=O)O)NC(=O)[C@H](CO)NC(=O)[C@@H](NC(=O)[C@@](C)(Cc2c(F)c(F)c(F)c(F)c2F)NC(=O)[C@@H](NC(=O)CNC(=O)[C@H](CCC(=O)O)NC(=O)[C@H](C)NC(=O)[C@@H](N)Cc2cnc[nH]2)[C@@H](C)O)[C@@H](C)O)C(=O)N[C@@H](Cc2ccc(-c3ccccc3C)cc2)C(N)=O)cc1. The molecule has 12 atom stereocenters. The predicted octanol–water partition coefficient (Wildman–Crippen LogP) is -0.624. The largest absolute Gasteiger partial charge is 0.481 e. The highest BCUT2D eigenvalue weighted by Crippen LogP contribution is 2.29. The maximum Gasteiger partial charge on any atom is 0.305 e. The van der Waals surface area contributed by atoms with E-state index in [0.29, 0.717) is 30.2 Å². The Bertz CT molecular complexity index is 4360. The molecule has 1 heterocycles. The van der Waals surface area contributed by atoms with Gasteiger partial charge in [-0.15, -0.1) is 0 Å². The summed E-state index contributed by atoms with van der Waals surface area (Å²) < 4.78 is 75.1. The standard InChI is InChI=1S/C74H87F5N14O18/c1-7-41-13-9-11-15-46(41)43-22-18-40(19-23-43)27-51(68(106)87-50(64(81)102)26-39-16-20-42(21-17-39)45-14-10-8-12-35(45)2)88-69(107)52(29-56(100)101)89-70(108)53(33-94)90-71(109)62(37(4)95)92-73(111)74(6,30-47-57(75)59(77)61(79)60(78)58(47)76)93-72(110)63(38(5)96)91-54(97)32-83-67(105)49(24-25-55(98)99)86-65(103)36(3)85-66(104)48(80)28-44-31-82-34-84-44/h8-23,31,34,36-38,48-53,62-63,94-96H,7,24-30,32-33,80H2,1-6H3,(H2,81,102)(H,82,84)(H,83,105)(H,85,104)(H,86,103)(H,87,106)(H,88,107)(H,89,108)(H,90,109)(H,91,97)(H,92,111)(H,93,110)(H,98,99)(H,100,101)/t36-,37+,38+,48-,49-,50-,51-,52-,53-,62-,63-,74+/m0/s1. The van der Waals surface area contributed by atoms with E-state index in [1.54, 1.807) is 48.5 Å². The number of carbonyl (C=O) groups excluding carboxylic acids is 11. The van der Waals surface area contributed by atoms with Crippen LogP contribution in [-0.2, 0) is 94.4 Å². The van der Waals surface area contributed by atoms with Gasteiger partial charge in [0.15, 0.2) is 23.3 Å². The van der Waals surface area contributed by atoms with Gasteiger partial charge in [0.05, 0.1) is 44.1 Å². The Morgan fingerprint density at radius 3 is 1.59 bits per heavy atom. The van der Waals surface area contributed by atoms with E-state index in [9.17, 15) is 101 Å². The molecular weight excluding hydrogens is 1470 g/mol. The van der Waals surface area contributed by atoms with Crippen LogP contribution >= 0.6 is 0 Å². The fraction of sp³-hybridized carbons (Fsp3) is 0.378. The van der Waals surface area contributed by atoms with Crippen molar-refractivity contribution in [3.8, 4) is 22.3 Å². The van der Waals surface area contributed by atoms with E-state index in [1.807, 2.05) is 83.6 Å². The molecule has 0 aliphatic heterocycles. The Morgan fingerprint density at radius 1 is 0.550 bits per heavy atom. The first-order valence-electron chi connectivity index (χ1n) is 34.6. The second-order valence-electron chi connectivity index (χ2n) is 26.4. The number of aliphatic carboxylic acids is 2. The summed E-state index contributed by atoms with van der Waals surface area (Å²) in [6, 6.07) is 12.4. The minimum Gasteiger partial charge on any atom is -0.481 e. The number of nitrogens with one attached hydrogen (secondary N) is 11. The van der Waals surface area contributed by atoms with Crippen molar-refractivity contribution in [3.63, 3.8) is 0 Å². The minimum atomic E-state index is -3.15. The van der Waals surface area contributed by atoms with Gasteiger partial charge in [-0.1, -0.05) is 104 Å². The monoisotopic (exact) mass is 1550 g/mol. The molecule has 1 aromatic heterocycles. The molecule has 11 amide bonds. The number of aliphatic hydroxyl groups excluding tert-OH is 3.